The highest BCUT2D eigenvalue weighted by molar-refractivity contribution is 7.10. The summed E-state index contributed by atoms with van der Waals surface area (Å²) in [5.74, 6) is -0.236. The summed E-state index contributed by atoms with van der Waals surface area (Å²) in [4.78, 5) is 5.65. The van der Waals surface area contributed by atoms with E-state index in [9.17, 15) is 4.39 Å². The molecule has 0 aliphatic heterocycles. The topological polar surface area (TPSA) is 24.9 Å². The number of thiophene rings is 1. The standard InChI is InChI=1S/C21H16ClFN2S/c22-21-16(12-15-4-1-2-5-18(15)25-21)13-24-20(19-6-3-11-26-19)14-7-9-17(23)10-8-14/h1-12,20,24H,13H2. The fraction of sp³-hybridized carbons (Fsp3) is 0.0952. The average molecular weight is 383 g/mol. The van der Waals surface area contributed by atoms with Crippen molar-refractivity contribution in [3.05, 3.63) is 99.1 Å². The number of hydrogen-bond donors (Lipinski definition) is 1. The summed E-state index contributed by atoms with van der Waals surface area (Å²) in [5.41, 5.74) is 2.84. The maximum Gasteiger partial charge on any atom is 0.134 e. The highest BCUT2D eigenvalue weighted by Gasteiger charge is 2.16. The molecule has 0 spiro atoms. The highest BCUT2D eigenvalue weighted by Crippen LogP contribution is 2.28. The molecule has 5 heteroatoms. The van der Waals surface area contributed by atoms with Crippen molar-refractivity contribution in [3.8, 4) is 0 Å². The zero-order chi connectivity index (χ0) is 17.9. The zero-order valence-electron chi connectivity index (χ0n) is 13.8. The molecule has 4 rings (SSSR count). The first kappa shape index (κ1) is 17.2. The van der Waals surface area contributed by atoms with Crippen LogP contribution >= 0.6 is 22.9 Å². The molecule has 0 amide bonds. The Kier molecular flexibility index (Phi) is 4.98. The molecule has 2 aromatic carbocycles. The molecule has 1 atom stereocenters. The van der Waals surface area contributed by atoms with E-state index in [1.54, 1.807) is 11.3 Å². The quantitative estimate of drug-likeness (QED) is 0.430. The maximum absolute atomic E-state index is 13.3. The van der Waals surface area contributed by atoms with E-state index >= 15 is 0 Å². The Hall–Kier alpha value is -2.27. The third-order valence-corrected chi connectivity index (χ3v) is 5.54. The molecule has 0 aliphatic rings. The lowest BCUT2D eigenvalue weighted by molar-refractivity contribution is 0.603. The zero-order valence-corrected chi connectivity index (χ0v) is 15.4. The summed E-state index contributed by atoms with van der Waals surface area (Å²) < 4.78 is 13.3. The summed E-state index contributed by atoms with van der Waals surface area (Å²) >= 11 is 8.05. The van der Waals surface area contributed by atoms with Gasteiger partial charge in [0.05, 0.1) is 11.6 Å². The van der Waals surface area contributed by atoms with Crippen LogP contribution < -0.4 is 5.32 Å². The molecule has 26 heavy (non-hydrogen) atoms. The molecular formula is C21H16ClFN2S. The third-order valence-electron chi connectivity index (χ3n) is 4.28. The van der Waals surface area contributed by atoms with Gasteiger partial charge in [-0.25, -0.2) is 9.37 Å². The molecule has 0 saturated heterocycles. The van der Waals surface area contributed by atoms with E-state index in [1.165, 1.54) is 17.0 Å². The SMILES string of the molecule is Fc1ccc(C(NCc2cc3ccccc3nc2Cl)c2cccs2)cc1. The van der Waals surface area contributed by atoms with E-state index in [0.717, 1.165) is 22.0 Å². The molecule has 0 radical (unpaired) electrons. The second-order valence-corrected chi connectivity index (χ2v) is 7.35. The largest absolute Gasteiger partial charge is 0.301 e. The Morgan fingerprint density at radius 1 is 1.04 bits per heavy atom. The predicted octanol–water partition coefficient (Wildman–Crippen LogP) is 5.97. The molecule has 2 heterocycles. The van der Waals surface area contributed by atoms with Gasteiger partial charge in [-0.2, -0.15) is 0 Å². The minimum absolute atomic E-state index is 0.0295. The Labute approximate surface area is 160 Å². The van der Waals surface area contributed by atoms with Gasteiger partial charge < -0.3 is 5.32 Å². The number of hydrogen-bond acceptors (Lipinski definition) is 3. The van der Waals surface area contributed by atoms with Gasteiger partial charge >= 0.3 is 0 Å². The van der Waals surface area contributed by atoms with Gasteiger partial charge in [0, 0.05) is 22.4 Å². The Morgan fingerprint density at radius 2 is 1.85 bits per heavy atom. The summed E-state index contributed by atoms with van der Waals surface area (Å²) in [7, 11) is 0. The number of para-hydroxylation sites is 1. The van der Waals surface area contributed by atoms with Crippen molar-refractivity contribution in [3.63, 3.8) is 0 Å². The van der Waals surface area contributed by atoms with Gasteiger partial charge in [-0.05, 0) is 41.3 Å². The van der Waals surface area contributed by atoms with Crippen molar-refractivity contribution in [1.29, 1.82) is 0 Å². The van der Waals surface area contributed by atoms with Crippen LogP contribution in [0.25, 0.3) is 10.9 Å². The summed E-state index contributed by atoms with van der Waals surface area (Å²) in [6.07, 6.45) is 0. The normalized spacial score (nSPS) is 12.4. The second-order valence-electron chi connectivity index (χ2n) is 6.01. The summed E-state index contributed by atoms with van der Waals surface area (Å²) in [5, 5.41) is 7.14. The van der Waals surface area contributed by atoms with Crippen molar-refractivity contribution in [2.24, 2.45) is 0 Å². The number of aromatic nitrogens is 1. The molecule has 1 unspecified atom stereocenters. The maximum atomic E-state index is 13.3. The molecule has 0 fully saturated rings. The second kappa shape index (κ2) is 7.54. The smallest absolute Gasteiger partial charge is 0.134 e. The molecule has 4 aromatic rings. The van der Waals surface area contributed by atoms with E-state index in [1.807, 2.05) is 47.8 Å². The molecule has 130 valence electrons. The lowest BCUT2D eigenvalue weighted by atomic mass is 10.0. The highest BCUT2D eigenvalue weighted by atomic mass is 35.5. The predicted molar refractivity (Wildman–Crippen MR) is 106 cm³/mol. The first-order valence-electron chi connectivity index (χ1n) is 8.27. The lowest BCUT2D eigenvalue weighted by Crippen LogP contribution is -2.21. The van der Waals surface area contributed by atoms with Gasteiger partial charge in [0.25, 0.3) is 0 Å². The number of nitrogens with zero attached hydrogens (tertiary/aromatic N) is 1. The van der Waals surface area contributed by atoms with Crippen molar-refractivity contribution in [2.45, 2.75) is 12.6 Å². The number of fused-ring (bicyclic) bond motifs is 1. The van der Waals surface area contributed by atoms with Gasteiger partial charge in [0.15, 0.2) is 0 Å². The van der Waals surface area contributed by atoms with Crippen LogP contribution in [0.15, 0.2) is 72.1 Å². The molecule has 2 aromatic heterocycles. The van der Waals surface area contributed by atoms with Gasteiger partial charge in [-0.1, -0.05) is 48.0 Å². The molecule has 1 N–H and O–H groups in total. The molecule has 0 aliphatic carbocycles. The van der Waals surface area contributed by atoms with Gasteiger partial charge in [0.2, 0.25) is 0 Å². The number of rotatable bonds is 5. The Bertz CT molecular complexity index is 1020. The van der Waals surface area contributed by atoms with Gasteiger partial charge in [-0.15, -0.1) is 11.3 Å². The molecule has 0 bridgehead atoms. The van der Waals surface area contributed by atoms with Gasteiger partial charge in [0.1, 0.15) is 11.0 Å². The van der Waals surface area contributed by atoms with E-state index in [4.69, 9.17) is 11.6 Å². The van der Waals surface area contributed by atoms with Gasteiger partial charge in [-0.3, -0.25) is 0 Å². The number of benzene rings is 2. The third kappa shape index (κ3) is 3.63. The lowest BCUT2D eigenvalue weighted by Gasteiger charge is -2.19. The Morgan fingerprint density at radius 3 is 2.62 bits per heavy atom. The summed E-state index contributed by atoms with van der Waals surface area (Å²) in [6.45, 7) is 0.566. The van der Waals surface area contributed by atoms with E-state index in [0.29, 0.717) is 11.7 Å². The molecular weight excluding hydrogens is 367 g/mol. The molecule has 0 saturated carbocycles. The first-order valence-corrected chi connectivity index (χ1v) is 9.53. The first-order chi connectivity index (χ1) is 12.7. The van der Waals surface area contributed by atoms with Crippen LogP contribution in [-0.4, -0.2) is 4.98 Å². The monoisotopic (exact) mass is 382 g/mol. The number of pyridine rings is 1. The van der Waals surface area contributed by atoms with Crippen molar-refractivity contribution in [1.82, 2.24) is 10.3 Å². The van der Waals surface area contributed by atoms with E-state index in [-0.39, 0.29) is 11.9 Å². The van der Waals surface area contributed by atoms with Crippen molar-refractivity contribution >= 4 is 33.8 Å². The van der Waals surface area contributed by atoms with Crippen LogP contribution in [0.4, 0.5) is 4.39 Å². The number of halogens is 2. The number of nitrogens with one attached hydrogen (secondary N) is 1. The van der Waals surface area contributed by atoms with E-state index < -0.39 is 0 Å². The van der Waals surface area contributed by atoms with E-state index in [2.05, 4.69) is 22.4 Å². The van der Waals surface area contributed by atoms with Crippen LogP contribution in [0.5, 0.6) is 0 Å². The minimum Gasteiger partial charge on any atom is -0.301 e. The van der Waals surface area contributed by atoms with Crippen LogP contribution in [0.3, 0.4) is 0 Å². The van der Waals surface area contributed by atoms with Crippen LogP contribution in [0.2, 0.25) is 5.15 Å². The van der Waals surface area contributed by atoms with Crippen LogP contribution in [0, 0.1) is 5.82 Å². The fourth-order valence-corrected chi connectivity index (χ4v) is 4.00. The molecule has 2 nitrogen and oxygen atoms in total. The summed E-state index contributed by atoms with van der Waals surface area (Å²) in [6, 6.07) is 20.6. The van der Waals surface area contributed by atoms with Crippen molar-refractivity contribution < 1.29 is 4.39 Å². The minimum atomic E-state index is -0.236. The Balaban J connectivity index is 1.62. The fourth-order valence-electron chi connectivity index (χ4n) is 2.97. The average Bonchev–Trinajstić information content (AvgIpc) is 3.18. The van der Waals surface area contributed by atoms with Crippen LogP contribution in [0.1, 0.15) is 22.0 Å². The van der Waals surface area contributed by atoms with Crippen molar-refractivity contribution in [2.75, 3.05) is 0 Å². The van der Waals surface area contributed by atoms with Crippen LogP contribution in [-0.2, 0) is 6.54 Å².